The van der Waals surface area contributed by atoms with Gasteiger partial charge in [0.15, 0.2) is 5.13 Å². The van der Waals surface area contributed by atoms with Crippen molar-refractivity contribution in [3.8, 4) is 0 Å². The van der Waals surface area contributed by atoms with Crippen molar-refractivity contribution in [2.24, 2.45) is 0 Å². The van der Waals surface area contributed by atoms with E-state index in [1.807, 2.05) is 11.1 Å². The van der Waals surface area contributed by atoms with Crippen LogP contribution in [0.2, 0.25) is 5.02 Å². The second-order valence-corrected chi connectivity index (χ2v) is 6.83. The molecule has 1 aliphatic heterocycles. The Morgan fingerprint density at radius 2 is 2.09 bits per heavy atom. The van der Waals surface area contributed by atoms with Crippen LogP contribution in [0.1, 0.15) is 15.2 Å². The molecule has 0 bridgehead atoms. The number of nitrogens with two attached hydrogens (primary N) is 1. The summed E-state index contributed by atoms with van der Waals surface area (Å²) in [4.78, 5) is 21.9. The van der Waals surface area contributed by atoms with Gasteiger partial charge >= 0.3 is 0 Å². The molecule has 1 aromatic heterocycles. The number of hydrogen-bond donors (Lipinski definition) is 1. The number of rotatable bonds is 3. The first-order valence-corrected chi connectivity index (χ1v) is 8.28. The molecule has 0 saturated carbocycles. The van der Waals surface area contributed by atoms with Crippen molar-refractivity contribution in [2.75, 3.05) is 31.9 Å². The van der Waals surface area contributed by atoms with Crippen LogP contribution in [0.4, 0.5) is 5.13 Å². The predicted molar refractivity (Wildman–Crippen MR) is 89.2 cm³/mol. The van der Waals surface area contributed by atoms with Gasteiger partial charge < -0.3 is 10.6 Å². The number of nitrogens with zero attached hydrogens (tertiary/aromatic N) is 3. The van der Waals surface area contributed by atoms with E-state index in [1.54, 1.807) is 24.3 Å². The number of amides is 1. The second-order valence-electron chi connectivity index (χ2n) is 5.24. The second kappa shape index (κ2) is 6.64. The summed E-state index contributed by atoms with van der Waals surface area (Å²) in [5.41, 5.74) is 6.30. The zero-order chi connectivity index (χ0) is 15.5. The van der Waals surface area contributed by atoms with Crippen LogP contribution < -0.4 is 5.73 Å². The van der Waals surface area contributed by atoms with Crippen molar-refractivity contribution >= 4 is 34.0 Å². The normalized spacial score (nSPS) is 16.0. The molecule has 0 unspecified atom stereocenters. The van der Waals surface area contributed by atoms with Crippen LogP contribution in [0, 0.1) is 0 Å². The smallest absolute Gasteiger partial charge is 0.253 e. The predicted octanol–water partition coefficient (Wildman–Crippen LogP) is 2.34. The summed E-state index contributed by atoms with van der Waals surface area (Å²) >= 11 is 7.47. The molecule has 1 aromatic carbocycles. The molecule has 3 rings (SSSR count). The van der Waals surface area contributed by atoms with Crippen LogP contribution >= 0.6 is 22.9 Å². The number of hydrogen-bond acceptors (Lipinski definition) is 5. The van der Waals surface area contributed by atoms with Gasteiger partial charge in [-0.05, 0) is 18.2 Å². The number of benzene rings is 1. The monoisotopic (exact) mass is 336 g/mol. The molecule has 0 radical (unpaired) electrons. The minimum Gasteiger partial charge on any atom is -0.375 e. The lowest BCUT2D eigenvalue weighted by Crippen LogP contribution is -2.48. The van der Waals surface area contributed by atoms with Crippen molar-refractivity contribution in [1.82, 2.24) is 14.8 Å². The van der Waals surface area contributed by atoms with Gasteiger partial charge in [0.2, 0.25) is 0 Å². The van der Waals surface area contributed by atoms with Crippen molar-refractivity contribution < 1.29 is 4.79 Å². The molecule has 1 amide bonds. The number of carbonyl (C=O) groups excluding carboxylic acids is 1. The Morgan fingerprint density at radius 1 is 1.32 bits per heavy atom. The van der Waals surface area contributed by atoms with Gasteiger partial charge in [-0.1, -0.05) is 17.7 Å². The number of nitrogen functional groups attached to an aromatic ring is 1. The minimum atomic E-state index is 0.0455. The van der Waals surface area contributed by atoms with Crippen LogP contribution in [0.15, 0.2) is 30.5 Å². The topological polar surface area (TPSA) is 62.5 Å². The minimum absolute atomic E-state index is 0.0455. The lowest BCUT2D eigenvalue weighted by Gasteiger charge is -2.34. The van der Waals surface area contributed by atoms with Gasteiger partial charge in [0, 0.05) is 54.4 Å². The first-order chi connectivity index (χ1) is 10.6. The largest absolute Gasteiger partial charge is 0.375 e. The van der Waals surface area contributed by atoms with Crippen LogP contribution in [0.3, 0.4) is 0 Å². The van der Waals surface area contributed by atoms with E-state index < -0.39 is 0 Å². The van der Waals surface area contributed by atoms with Crippen molar-refractivity contribution in [1.29, 1.82) is 0 Å². The third kappa shape index (κ3) is 3.58. The lowest BCUT2D eigenvalue weighted by molar-refractivity contribution is 0.0629. The standard InChI is InChI=1S/C15H17ClN4OS/c16-12-3-1-2-11(8-12)14(21)20-6-4-19(5-7-20)10-13-9-18-15(17)22-13/h1-3,8-9H,4-7,10H2,(H2,17,18). The number of carbonyl (C=O) groups is 1. The molecule has 1 fully saturated rings. The van der Waals surface area contributed by atoms with Gasteiger partial charge in [0.1, 0.15) is 0 Å². The van der Waals surface area contributed by atoms with Gasteiger partial charge in [-0.15, -0.1) is 11.3 Å². The molecular formula is C15H17ClN4OS. The van der Waals surface area contributed by atoms with Crippen LogP contribution in [-0.2, 0) is 6.54 Å². The third-order valence-corrected chi connectivity index (χ3v) is 4.73. The Morgan fingerprint density at radius 3 is 2.73 bits per heavy atom. The van der Waals surface area contributed by atoms with Gasteiger partial charge in [0.05, 0.1) is 0 Å². The third-order valence-electron chi connectivity index (χ3n) is 3.68. The summed E-state index contributed by atoms with van der Waals surface area (Å²) in [5, 5.41) is 1.19. The maximum atomic E-state index is 12.4. The highest BCUT2D eigenvalue weighted by atomic mass is 35.5. The summed E-state index contributed by atoms with van der Waals surface area (Å²) in [7, 11) is 0. The van der Waals surface area contributed by atoms with E-state index in [4.69, 9.17) is 17.3 Å². The molecule has 1 saturated heterocycles. The molecule has 2 aromatic rings. The fourth-order valence-electron chi connectivity index (χ4n) is 2.53. The summed E-state index contributed by atoms with van der Waals surface area (Å²) in [6, 6.07) is 7.11. The van der Waals surface area contributed by atoms with E-state index in [0.29, 0.717) is 15.7 Å². The molecule has 0 atom stereocenters. The van der Waals surface area contributed by atoms with Crippen LogP contribution in [0.5, 0.6) is 0 Å². The number of aromatic nitrogens is 1. The Bertz CT molecular complexity index is 667. The fraction of sp³-hybridized carbons (Fsp3) is 0.333. The highest BCUT2D eigenvalue weighted by molar-refractivity contribution is 7.15. The molecule has 2 N–H and O–H groups in total. The number of thiazole rings is 1. The van der Waals surface area contributed by atoms with E-state index in [-0.39, 0.29) is 5.91 Å². The average molecular weight is 337 g/mol. The van der Waals surface area contributed by atoms with E-state index in [2.05, 4.69) is 9.88 Å². The number of piperazine rings is 1. The SMILES string of the molecule is Nc1ncc(CN2CCN(C(=O)c3cccc(Cl)c3)CC2)s1. The van der Waals surface area contributed by atoms with E-state index in [0.717, 1.165) is 37.6 Å². The summed E-state index contributed by atoms with van der Waals surface area (Å²) in [5.74, 6) is 0.0455. The summed E-state index contributed by atoms with van der Waals surface area (Å²) in [6.07, 6.45) is 1.82. The van der Waals surface area contributed by atoms with Crippen molar-refractivity contribution in [3.63, 3.8) is 0 Å². The Balaban J connectivity index is 1.56. The average Bonchev–Trinajstić information content (AvgIpc) is 2.92. The molecule has 7 heteroatoms. The molecule has 1 aliphatic rings. The van der Waals surface area contributed by atoms with E-state index in [1.165, 1.54) is 11.3 Å². The molecule has 0 spiro atoms. The molecule has 22 heavy (non-hydrogen) atoms. The zero-order valence-corrected chi connectivity index (χ0v) is 13.6. The summed E-state index contributed by atoms with van der Waals surface area (Å²) in [6.45, 7) is 3.99. The van der Waals surface area contributed by atoms with E-state index >= 15 is 0 Å². The van der Waals surface area contributed by atoms with Crippen LogP contribution in [-0.4, -0.2) is 46.9 Å². The molecular weight excluding hydrogens is 320 g/mol. The molecule has 2 heterocycles. The Hall–Kier alpha value is -1.63. The zero-order valence-electron chi connectivity index (χ0n) is 12.0. The first-order valence-electron chi connectivity index (χ1n) is 7.09. The number of anilines is 1. The fourth-order valence-corrected chi connectivity index (χ4v) is 3.45. The van der Waals surface area contributed by atoms with Crippen molar-refractivity contribution in [3.05, 3.63) is 45.9 Å². The lowest BCUT2D eigenvalue weighted by atomic mass is 10.2. The Labute approximate surface area is 138 Å². The quantitative estimate of drug-likeness (QED) is 0.934. The van der Waals surface area contributed by atoms with Crippen LogP contribution in [0.25, 0.3) is 0 Å². The van der Waals surface area contributed by atoms with Crippen molar-refractivity contribution in [2.45, 2.75) is 6.54 Å². The van der Waals surface area contributed by atoms with Gasteiger partial charge in [0.25, 0.3) is 5.91 Å². The first kappa shape index (κ1) is 15.3. The molecule has 5 nitrogen and oxygen atoms in total. The Kier molecular flexibility index (Phi) is 4.61. The highest BCUT2D eigenvalue weighted by Crippen LogP contribution is 2.18. The molecule has 116 valence electrons. The van der Waals surface area contributed by atoms with Gasteiger partial charge in [-0.25, -0.2) is 4.98 Å². The van der Waals surface area contributed by atoms with Gasteiger partial charge in [-0.3, -0.25) is 9.69 Å². The highest BCUT2D eigenvalue weighted by Gasteiger charge is 2.22. The number of halogens is 1. The van der Waals surface area contributed by atoms with E-state index in [9.17, 15) is 4.79 Å². The maximum absolute atomic E-state index is 12.4. The molecule has 0 aliphatic carbocycles. The maximum Gasteiger partial charge on any atom is 0.253 e. The van der Waals surface area contributed by atoms with Gasteiger partial charge in [-0.2, -0.15) is 0 Å². The summed E-state index contributed by atoms with van der Waals surface area (Å²) < 4.78 is 0.